The summed E-state index contributed by atoms with van der Waals surface area (Å²) in [4.78, 5) is 2.61. The molecule has 1 aliphatic rings. The predicted molar refractivity (Wildman–Crippen MR) is 72.7 cm³/mol. The lowest BCUT2D eigenvalue weighted by Crippen LogP contribution is -2.34. The van der Waals surface area contributed by atoms with Crippen LogP contribution in [0, 0.1) is 0 Å². The minimum absolute atomic E-state index is 0.668. The van der Waals surface area contributed by atoms with Crippen LogP contribution in [0.15, 0.2) is 23.3 Å². The second kappa shape index (κ2) is 6.24. The van der Waals surface area contributed by atoms with Crippen LogP contribution in [0.5, 0.6) is 0 Å². The Hall–Kier alpha value is -0.560. The second-order valence-electron chi connectivity index (χ2n) is 5.30. The lowest BCUT2D eigenvalue weighted by atomic mass is 10.1. The zero-order valence-electron chi connectivity index (χ0n) is 11.6. The second-order valence-corrected chi connectivity index (χ2v) is 5.30. The summed E-state index contributed by atoms with van der Waals surface area (Å²) < 4.78 is 0. The SMILES string of the molecule is CCC(C)=CC(C)=CC1CCCN1C(C)C. The van der Waals surface area contributed by atoms with E-state index in [1.807, 2.05) is 0 Å². The molecule has 1 atom stereocenters. The van der Waals surface area contributed by atoms with Crippen molar-refractivity contribution < 1.29 is 0 Å². The molecule has 0 aromatic rings. The Morgan fingerprint density at radius 2 is 2.06 bits per heavy atom. The molecule has 0 saturated carbocycles. The van der Waals surface area contributed by atoms with Crippen LogP contribution in [0.25, 0.3) is 0 Å². The van der Waals surface area contributed by atoms with E-state index in [2.05, 4.69) is 51.7 Å². The van der Waals surface area contributed by atoms with Crippen molar-refractivity contribution in [3.63, 3.8) is 0 Å². The molecule has 16 heavy (non-hydrogen) atoms. The Morgan fingerprint density at radius 1 is 1.38 bits per heavy atom. The summed E-state index contributed by atoms with van der Waals surface area (Å²) in [5.74, 6) is 0. The fraction of sp³-hybridized carbons (Fsp3) is 0.733. The quantitative estimate of drug-likeness (QED) is 0.644. The van der Waals surface area contributed by atoms with Gasteiger partial charge in [-0.1, -0.05) is 30.2 Å². The van der Waals surface area contributed by atoms with Gasteiger partial charge in [0.2, 0.25) is 0 Å². The molecule has 1 saturated heterocycles. The third-order valence-electron chi connectivity index (χ3n) is 3.49. The third-order valence-corrected chi connectivity index (χ3v) is 3.49. The highest BCUT2D eigenvalue weighted by molar-refractivity contribution is 5.22. The Balaban J connectivity index is 2.67. The van der Waals surface area contributed by atoms with Crippen molar-refractivity contribution in [3.8, 4) is 0 Å². The van der Waals surface area contributed by atoms with Crippen molar-refractivity contribution in [2.24, 2.45) is 0 Å². The highest BCUT2D eigenvalue weighted by Crippen LogP contribution is 2.22. The van der Waals surface area contributed by atoms with Gasteiger partial charge in [-0.3, -0.25) is 4.90 Å². The maximum atomic E-state index is 2.61. The normalized spacial score (nSPS) is 24.5. The van der Waals surface area contributed by atoms with E-state index >= 15 is 0 Å². The number of likely N-dealkylation sites (tertiary alicyclic amines) is 1. The molecule has 1 unspecified atom stereocenters. The molecule has 1 heteroatoms. The monoisotopic (exact) mass is 221 g/mol. The van der Waals surface area contributed by atoms with Crippen molar-refractivity contribution >= 4 is 0 Å². The molecule has 0 aliphatic carbocycles. The zero-order chi connectivity index (χ0) is 12.1. The maximum absolute atomic E-state index is 2.61. The Kier molecular flexibility index (Phi) is 5.27. The number of hydrogen-bond donors (Lipinski definition) is 0. The zero-order valence-corrected chi connectivity index (χ0v) is 11.6. The van der Waals surface area contributed by atoms with Gasteiger partial charge in [0.25, 0.3) is 0 Å². The van der Waals surface area contributed by atoms with Gasteiger partial charge >= 0.3 is 0 Å². The van der Waals surface area contributed by atoms with Crippen molar-refractivity contribution in [3.05, 3.63) is 23.3 Å². The summed E-state index contributed by atoms with van der Waals surface area (Å²) >= 11 is 0. The van der Waals surface area contributed by atoms with Gasteiger partial charge in [-0.2, -0.15) is 0 Å². The first-order chi connectivity index (χ1) is 7.54. The van der Waals surface area contributed by atoms with Crippen LogP contribution in [0.3, 0.4) is 0 Å². The first-order valence-corrected chi connectivity index (χ1v) is 6.66. The van der Waals surface area contributed by atoms with Gasteiger partial charge in [-0.15, -0.1) is 0 Å². The van der Waals surface area contributed by atoms with E-state index in [1.54, 1.807) is 0 Å². The number of nitrogens with zero attached hydrogens (tertiary/aromatic N) is 1. The van der Waals surface area contributed by atoms with Gasteiger partial charge in [-0.05, 0) is 53.5 Å². The van der Waals surface area contributed by atoms with Gasteiger partial charge in [0.05, 0.1) is 0 Å². The van der Waals surface area contributed by atoms with Crippen molar-refractivity contribution in [2.75, 3.05) is 6.54 Å². The average molecular weight is 221 g/mol. The summed E-state index contributed by atoms with van der Waals surface area (Å²) in [6.45, 7) is 12.5. The van der Waals surface area contributed by atoms with E-state index in [0.717, 1.165) is 6.42 Å². The highest BCUT2D eigenvalue weighted by Gasteiger charge is 2.24. The Morgan fingerprint density at radius 3 is 2.62 bits per heavy atom. The molecular formula is C15H27N. The van der Waals surface area contributed by atoms with Gasteiger partial charge < -0.3 is 0 Å². The van der Waals surface area contributed by atoms with Gasteiger partial charge in [0, 0.05) is 12.1 Å². The summed E-state index contributed by atoms with van der Waals surface area (Å²) in [7, 11) is 0. The van der Waals surface area contributed by atoms with Gasteiger partial charge in [0.1, 0.15) is 0 Å². The average Bonchev–Trinajstić information content (AvgIpc) is 2.65. The first kappa shape index (κ1) is 13.5. The molecule has 0 radical (unpaired) electrons. The molecule has 0 aromatic heterocycles. The molecule has 0 N–H and O–H groups in total. The smallest absolute Gasteiger partial charge is 0.0286 e. The number of rotatable bonds is 4. The Bertz CT molecular complexity index is 273. The summed E-state index contributed by atoms with van der Waals surface area (Å²) in [5.41, 5.74) is 2.90. The van der Waals surface area contributed by atoms with Crippen LogP contribution < -0.4 is 0 Å². The van der Waals surface area contributed by atoms with Crippen LogP contribution in [0.2, 0.25) is 0 Å². The molecule has 1 rings (SSSR count). The first-order valence-electron chi connectivity index (χ1n) is 6.66. The van der Waals surface area contributed by atoms with E-state index in [0.29, 0.717) is 12.1 Å². The minimum atomic E-state index is 0.668. The van der Waals surface area contributed by atoms with Crippen LogP contribution >= 0.6 is 0 Å². The molecule has 1 heterocycles. The molecule has 0 aromatic carbocycles. The molecule has 1 fully saturated rings. The van der Waals surface area contributed by atoms with E-state index < -0.39 is 0 Å². The third kappa shape index (κ3) is 3.79. The van der Waals surface area contributed by atoms with Crippen LogP contribution in [-0.2, 0) is 0 Å². The van der Waals surface area contributed by atoms with E-state index in [1.165, 1.54) is 30.5 Å². The summed E-state index contributed by atoms with van der Waals surface area (Å²) in [6, 6.07) is 1.34. The summed E-state index contributed by atoms with van der Waals surface area (Å²) in [6.07, 6.45) is 8.62. The van der Waals surface area contributed by atoms with Crippen molar-refractivity contribution in [2.45, 2.75) is 66.0 Å². The Labute approximate surface area is 101 Å². The fourth-order valence-corrected chi connectivity index (χ4v) is 2.48. The number of allylic oxidation sites excluding steroid dienone is 3. The van der Waals surface area contributed by atoms with Crippen molar-refractivity contribution in [1.82, 2.24) is 4.90 Å². The van der Waals surface area contributed by atoms with Gasteiger partial charge in [-0.25, -0.2) is 0 Å². The largest absolute Gasteiger partial charge is 0.295 e. The van der Waals surface area contributed by atoms with Crippen molar-refractivity contribution in [1.29, 1.82) is 0 Å². The molecular weight excluding hydrogens is 194 g/mol. The lowest BCUT2D eigenvalue weighted by Gasteiger charge is -2.26. The van der Waals surface area contributed by atoms with E-state index in [-0.39, 0.29) is 0 Å². The van der Waals surface area contributed by atoms with Crippen LogP contribution in [0.1, 0.15) is 53.9 Å². The molecule has 1 aliphatic heterocycles. The molecule has 92 valence electrons. The van der Waals surface area contributed by atoms with E-state index in [9.17, 15) is 0 Å². The molecule has 1 nitrogen and oxygen atoms in total. The maximum Gasteiger partial charge on any atom is 0.0286 e. The molecule has 0 bridgehead atoms. The summed E-state index contributed by atoms with van der Waals surface area (Å²) in [5, 5.41) is 0. The standard InChI is InChI=1S/C15H27N/c1-6-13(4)10-14(5)11-15-8-7-9-16(15)12(2)3/h10-12,15H,6-9H2,1-5H3. The van der Waals surface area contributed by atoms with E-state index in [4.69, 9.17) is 0 Å². The van der Waals surface area contributed by atoms with Gasteiger partial charge in [0.15, 0.2) is 0 Å². The predicted octanol–water partition coefficient (Wildman–Crippen LogP) is 4.16. The van der Waals surface area contributed by atoms with Crippen LogP contribution in [-0.4, -0.2) is 23.5 Å². The number of hydrogen-bond acceptors (Lipinski definition) is 1. The minimum Gasteiger partial charge on any atom is -0.295 e. The lowest BCUT2D eigenvalue weighted by molar-refractivity contribution is 0.233. The molecule has 0 spiro atoms. The van der Waals surface area contributed by atoms with Crippen LogP contribution in [0.4, 0.5) is 0 Å². The topological polar surface area (TPSA) is 3.24 Å². The highest BCUT2D eigenvalue weighted by atomic mass is 15.2. The molecule has 0 amide bonds. The fourth-order valence-electron chi connectivity index (χ4n) is 2.48.